The molecule has 0 aliphatic carbocycles. The number of benzene rings is 2. The maximum atomic E-state index is 11.7. The first-order chi connectivity index (χ1) is 12.1. The summed E-state index contributed by atoms with van der Waals surface area (Å²) in [6.45, 7) is 1.84. The third kappa shape index (κ3) is 4.48. The van der Waals surface area contributed by atoms with Crippen LogP contribution in [0.15, 0.2) is 53.1 Å². The molecule has 0 radical (unpaired) electrons. The van der Waals surface area contributed by atoms with Crippen LogP contribution in [0.3, 0.4) is 0 Å². The van der Waals surface area contributed by atoms with Crippen LogP contribution >= 0.6 is 0 Å². The van der Waals surface area contributed by atoms with Gasteiger partial charge in [-0.25, -0.2) is 4.79 Å². The number of nitrogens with zero attached hydrogens (tertiary/aromatic N) is 1. The fraction of sp³-hybridized carbons (Fsp3) is 0.222. The van der Waals surface area contributed by atoms with Crippen molar-refractivity contribution in [2.24, 2.45) is 0 Å². The number of hydrogen-bond acceptors (Lipinski definition) is 5. The van der Waals surface area contributed by atoms with Crippen LogP contribution in [0.1, 0.15) is 5.76 Å². The van der Waals surface area contributed by atoms with Crippen molar-refractivity contribution >= 4 is 22.6 Å². The van der Waals surface area contributed by atoms with Gasteiger partial charge in [-0.1, -0.05) is 41.6 Å². The summed E-state index contributed by atoms with van der Waals surface area (Å²) < 4.78 is 10.5. The second-order valence-electron chi connectivity index (χ2n) is 5.60. The van der Waals surface area contributed by atoms with Gasteiger partial charge >= 0.3 is 6.03 Å². The first kappa shape index (κ1) is 16.8. The van der Waals surface area contributed by atoms with Gasteiger partial charge in [0.1, 0.15) is 24.2 Å². The number of anilines is 1. The molecular formula is C18H19N3O4. The van der Waals surface area contributed by atoms with Crippen LogP contribution in [-0.2, 0) is 0 Å². The van der Waals surface area contributed by atoms with Crippen molar-refractivity contribution in [3.05, 3.63) is 54.3 Å². The summed E-state index contributed by atoms with van der Waals surface area (Å²) >= 11 is 0. The fourth-order valence-electron chi connectivity index (χ4n) is 2.36. The van der Waals surface area contributed by atoms with Gasteiger partial charge in [0.05, 0.1) is 0 Å². The number of aromatic nitrogens is 1. The summed E-state index contributed by atoms with van der Waals surface area (Å²) in [6, 6.07) is 14.7. The van der Waals surface area contributed by atoms with Crippen LogP contribution in [-0.4, -0.2) is 35.5 Å². The van der Waals surface area contributed by atoms with E-state index in [1.165, 1.54) is 0 Å². The Morgan fingerprint density at radius 1 is 1.28 bits per heavy atom. The topological polar surface area (TPSA) is 96.6 Å². The quantitative estimate of drug-likeness (QED) is 0.640. The number of nitrogens with one attached hydrogen (secondary N) is 2. The highest BCUT2D eigenvalue weighted by Gasteiger charge is 2.10. The molecule has 2 amide bonds. The molecule has 0 aliphatic rings. The van der Waals surface area contributed by atoms with Crippen LogP contribution in [0.4, 0.5) is 10.6 Å². The Kier molecular flexibility index (Phi) is 5.15. The van der Waals surface area contributed by atoms with E-state index < -0.39 is 12.1 Å². The lowest BCUT2D eigenvalue weighted by Gasteiger charge is -2.14. The second kappa shape index (κ2) is 7.67. The minimum absolute atomic E-state index is 0.0490. The first-order valence-electron chi connectivity index (χ1n) is 7.88. The van der Waals surface area contributed by atoms with E-state index in [0.717, 1.165) is 10.8 Å². The minimum Gasteiger partial charge on any atom is -0.490 e. The van der Waals surface area contributed by atoms with Crippen molar-refractivity contribution in [3.8, 4) is 5.75 Å². The van der Waals surface area contributed by atoms with E-state index in [0.29, 0.717) is 17.3 Å². The molecule has 25 heavy (non-hydrogen) atoms. The number of amides is 2. The summed E-state index contributed by atoms with van der Waals surface area (Å²) in [6.07, 6.45) is -0.844. The third-order valence-corrected chi connectivity index (χ3v) is 3.55. The van der Waals surface area contributed by atoms with Crippen LogP contribution in [0.2, 0.25) is 0 Å². The van der Waals surface area contributed by atoms with Crippen LogP contribution in [0.5, 0.6) is 5.75 Å². The van der Waals surface area contributed by atoms with Gasteiger partial charge in [0, 0.05) is 18.0 Å². The Bertz CT molecular complexity index is 857. The van der Waals surface area contributed by atoms with Gasteiger partial charge < -0.3 is 19.7 Å². The summed E-state index contributed by atoms with van der Waals surface area (Å²) in [5.74, 6) is 1.61. The lowest BCUT2D eigenvalue weighted by Crippen LogP contribution is -2.37. The largest absolute Gasteiger partial charge is 0.490 e. The highest BCUT2D eigenvalue weighted by atomic mass is 16.5. The molecule has 3 N–H and O–H groups in total. The van der Waals surface area contributed by atoms with Gasteiger partial charge in [0.25, 0.3) is 0 Å². The molecule has 1 heterocycles. The number of fused-ring (bicyclic) bond motifs is 1. The molecule has 7 heteroatoms. The van der Waals surface area contributed by atoms with E-state index in [1.54, 1.807) is 13.0 Å². The van der Waals surface area contributed by atoms with Gasteiger partial charge in [-0.05, 0) is 18.4 Å². The second-order valence-corrected chi connectivity index (χ2v) is 5.60. The van der Waals surface area contributed by atoms with Gasteiger partial charge in [-0.15, -0.1) is 0 Å². The number of ether oxygens (including phenoxy) is 1. The fourth-order valence-corrected chi connectivity index (χ4v) is 2.36. The lowest BCUT2D eigenvalue weighted by molar-refractivity contribution is 0.109. The number of carbonyl (C=O) groups excluding carboxylic acids is 1. The Labute approximate surface area is 144 Å². The Morgan fingerprint density at radius 3 is 2.88 bits per heavy atom. The summed E-state index contributed by atoms with van der Waals surface area (Å²) in [5.41, 5.74) is 0. The monoisotopic (exact) mass is 341 g/mol. The van der Waals surface area contributed by atoms with Gasteiger partial charge in [0.2, 0.25) is 0 Å². The molecule has 130 valence electrons. The molecule has 0 saturated heterocycles. The van der Waals surface area contributed by atoms with E-state index in [-0.39, 0.29) is 13.2 Å². The molecule has 2 aromatic carbocycles. The third-order valence-electron chi connectivity index (χ3n) is 3.55. The zero-order chi connectivity index (χ0) is 17.6. The van der Waals surface area contributed by atoms with Crippen LogP contribution < -0.4 is 15.4 Å². The molecule has 0 saturated carbocycles. The zero-order valence-electron chi connectivity index (χ0n) is 13.7. The molecule has 3 aromatic rings. The van der Waals surface area contributed by atoms with Crippen molar-refractivity contribution in [1.82, 2.24) is 10.5 Å². The van der Waals surface area contributed by atoms with Gasteiger partial charge in [-0.3, -0.25) is 5.32 Å². The summed E-state index contributed by atoms with van der Waals surface area (Å²) in [7, 11) is 0. The van der Waals surface area contributed by atoms with Crippen LogP contribution in [0, 0.1) is 6.92 Å². The van der Waals surface area contributed by atoms with Crippen LogP contribution in [0.25, 0.3) is 10.8 Å². The maximum Gasteiger partial charge on any atom is 0.320 e. The smallest absolute Gasteiger partial charge is 0.320 e. The van der Waals surface area contributed by atoms with Crippen molar-refractivity contribution in [2.75, 3.05) is 18.5 Å². The molecule has 1 aromatic heterocycles. The molecule has 7 nitrogen and oxygen atoms in total. The molecule has 3 rings (SSSR count). The zero-order valence-corrected chi connectivity index (χ0v) is 13.7. The maximum absolute atomic E-state index is 11.7. The van der Waals surface area contributed by atoms with E-state index in [1.807, 2.05) is 42.5 Å². The lowest BCUT2D eigenvalue weighted by atomic mass is 10.1. The highest BCUT2D eigenvalue weighted by molar-refractivity contribution is 5.88. The Hall–Kier alpha value is -3.06. The van der Waals surface area contributed by atoms with Crippen molar-refractivity contribution in [2.45, 2.75) is 13.0 Å². The van der Waals surface area contributed by atoms with Gasteiger partial charge in [0.15, 0.2) is 5.82 Å². The van der Waals surface area contributed by atoms with Gasteiger partial charge in [-0.2, -0.15) is 0 Å². The number of aryl methyl sites for hydroxylation is 1. The molecule has 0 fully saturated rings. The number of aliphatic hydroxyl groups is 1. The average Bonchev–Trinajstić information content (AvgIpc) is 3.02. The Balaban J connectivity index is 1.47. The van der Waals surface area contributed by atoms with Crippen molar-refractivity contribution in [3.63, 3.8) is 0 Å². The average molecular weight is 341 g/mol. The first-order valence-corrected chi connectivity index (χ1v) is 7.88. The number of urea groups is 1. The molecule has 1 atom stereocenters. The number of aliphatic hydroxyl groups excluding tert-OH is 1. The molecular weight excluding hydrogens is 322 g/mol. The standard InChI is InChI=1S/C18H19N3O4/c1-12-9-17(21-25-12)20-18(23)19-10-14(22)11-24-16-8-4-6-13-5-2-3-7-15(13)16/h2-9,14,22H,10-11H2,1H3,(H2,19,20,21,23)/t14-/m1/s1. The van der Waals surface area contributed by atoms with Crippen molar-refractivity contribution in [1.29, 1.82) is 0 Å². The van der Waals surface area contributed by atoms with E-state index >= 15 is 0 Å². The predicted octanol–water partition coefficient (Wildman–Crippen LogP) is 2.70. The number of rotatable bonds is 6. The minimum atomic E-state index is -0.844. The summed E-state index contributed by atoms with van der Waals surface area (Å²) in [5, 5.41) is 20.8. The Morgan fingerprint density at radius 2 is 2.08 bits per heavy atom. The highest BCUT2D eigenvalue weighted by Crippen LogP contribution is 2.25. The predicted molar refractivity (Wildman–Crippen MR) is 93.7 cm³/mol. The van der Waals surface area contributed by atoms with E-state index in [9.17, 15) is 9.90 Å². The van der Waals surface area contributed by atoms with E-state index in [2.05, 4.69) is 15.8 Å². The van der Waals surface area contributed by atoms with E-state index in [4.69, 9.17) is 9.26 Å². The summed E-state index contributed by atoms with van der Waals surface area (Å²) in [4.78, 5) is 11.7. The normalized spacial score (nSPS) is 11.9. The molecule has 0 aliphatic heterocycles. The SMILES string of the molecule is Cc1cc(NC(=O)NC[C@@H](O)COc2cccc3ccccc23)no1. The van der Waals surface area contributed by atoms with Crippen molar-refractivity contribution < 1.29 is 19.2 Å². The number of carbonyl (C=O) groups is 1. The number of hydrogen-bond donors (Lipinski definition) is 3. The molecule has 0 bridgehead atoms. The molecule has 0 spiro atoms. The molecule has 0 unspecified atom stereocenters.